The average Bonchev–Trinajstić information content (AvgIpc) is 3.55. The molecule has 3 atom stereocenters. The predicted molar refractivity (Wildman–Crippen MR) is 128 cm³/mol. The number of alkyl halides is 3. The number of amides is 3. The van der Waals surface area contributed by atoms with Gasteiger partial charge in [-0.1, -0.05) is 18.2 Å². The molecule has 1 aliphatic heterocycles. The van der Waals surface area contributed by atoms with Crippen molar-refractivity contribution in [3.63, 3.8) is 0 Å². The molecule has 0 aromatic heterocycles. The normalized spacial score (nSPS) is 21.3. The second-order valence-electron chi connectivity index (χ2n) is 10.0. The predicted octanol–water partition coefficient (Wildman–Crippen LogP) is 5.00. The summed E-state index contributed by atoms with van der Waals surface area (Å²) in [5.74, 6) is -3.32. The van der Waals surface area contributed by atoms with Gasteiger partial charge in [-0.2, -0.15) is 13.2 Å². The molecule has 0 bridgehead atoms. The molecule has 1 heterocycles. The maximum absolute atomic E-state index is 14.4. The third kappa shape index (κ3) is 5.33. The number of likely N-dealkylation sites (tertiary alicyclic amines) is 1. The molecule has 198 valence electrons. The standard InChI is InChI=1S/C27H29F4N3O3/c1-15-7-8-16(2)34(15)24(36)19-11-9-18(10-12-19)17(3)32-25(37)26(13-14-26)33-23(35)20-5-4-6-21(22(20)28)27(29,30)31/h4-6,9-12,15-17H,7-8,13-14H2,1-3H3,(H,32,37)(H,33,35)/t15?,16?,17-/m1/s1. The molecule has 1 saturated carbocycles. The largest absolute Gasteiger partial charge is 0.419 e. The van der Waals surface area contributed by atoms with Crippen LogP contribution in [-0.2, 0) is 11.0 Å². The van der Waals surface area contributed by atoms with E-state index in [0.29, 0.717) is 11.6 Å². The first-order valence-electron chi connectivity index (χ1n) is 12.3. The van der Waals surface area contributed by atoms with E-state index in [1.54, 1.807) is 31.2 Å². The topological polar surface area (TPSA) is 78.5 Å². The van der Waals surface area contributed by atoms with Gasteiger partial charge in [-0.05, 0) is 76.3 Å². The van der Waals surface area contributed by atoms with Crippen LogP contribution in [0.15, 0.2) is 42.5 Å². The van der Waals surface area contributed by atoms with E-state index in [0.717, 1.165) is 30.5 Å². The molecule has 2 fully saturated rings. The van der Waals surface area contributed by atoms with Crippen molar-refractivity contribution < 1.29 is 31.9 Å². The minimum absolute atomic E-state index is 0.0396. The number of rotatable bonds is 6. The molecule has 4 rings (SSSR count). The first kappa shape index (κ1) is 26.6. The highest BCUT2D eigenvalue weighted by molar-refractivity contribution is 6.01. The van der Waals surface area contributed by atoms with Gasteiger partial charge >= 0.3 is 6.18 Å². The lowest BCUT2D eigenvalue weighted by Gasteiger charge is -2.26. The van der Waals surface area contributed by atoms with Crippen molar-refractivity contribution in [1.82, 2.24) is 15.5 Å². The van der Waals surface area contributed by atoms with Crippen molar-refractivity contribution in [2.45, 2.75) is 76.3 Å². The molecule has 0 radical (unpaired) electrons. The summed E-state index contributed by atoms with van der Waals surface area (Å²) >= 11 is 0. The van der Waals surface area contributed by atoms with E-state index >= 15 is 0 Å². The van der Waals surface area contributed by atoms with E-state index in [9.17, 15) is 31.9 Å². The zero-order valence-corrected chi connectivity index (χ0v) is 20.8. The monoisotopic (exact) mass is 519 g/mol. The molecule has 6 nitrogen and oxygen atoms in total. The Morgan fingerprint density at radius 1 is 1.00 bits per heavy atom. The molecule has 2 aromatic carbocycles. The smallest absolute Gasteiger partial charge is 0.348 e. The molecule has 1 saturated heterocycles. The van der Waals surface area contributed by atoms with Gasteiger partial charge in [-0.3, -0.25) is 14.4 Å². The van der Waals surface area contributed by atoms with Gasteiger partial charge in [0.15, 0.2) is 0 Å². The van der Waals surface area contributed by atoms with Crippen LogP contribution >= 0.6 is 0 Å². The Morgan fingerprint density at radius 3 is 2.14 bits per heavy atom. The Morgan fingerprint density at radius 2 is 1.59 bits per heavy atom. The molecular weight excluding hydrogens is 490 g/mol. The van der Waals surface area contributed by atoms with Crippen LogP contribution in [0, 0.1) is 5.82 Å². The van der Waals surface area contributed by atoms with E-state index in [1.807, 2.05) is 18.7 Å². The van der Waals surface area contributed by atoms with Gasteiger partial charge in [0, 0.05) is 17.6 Å². The van der Waals surface area contributed by atoms with Gasteiger partial charge < -0.3 is 15.5 Å². The number of carbonyl (C=O) groups is 3. The molecule has 2 unspecified atom stereocenters. The summed E-state index contributed by atoms with van der Waals surface area (Å²) in [6.45, 7) is 5.80. The van der Waals surface area contributed by atoms with Crippen molar-refractivity contribution in [2.75, 3.05) is 0 Å². The molecule has 2 aliphatic rings. The van der Waals surface area contributed by atoms with Crippen molar-refractivity contribution in [2.24, 2.45) is 0 Å². The molecule has 3 amide bonds. The molecule has 2 N–H and O–H groups in total. The van der Waals surface area contributed by atoms with Crippen molar-refractivity contribution in [3.05, 3.63) is 70.5 Å². The molecular formula is C27H29F4N3O3. The molecule has 1 aliphatic carbocycles. The van der Waals surface area contributed by atoms with E-state index in [-0.39, 0.29) is 30.8 Å². The fourth-order valence-corrected chi connectivity index (χ4v) is 4.82. The highest BCUT2D eigenvalue weighted by atomic mass is 19.4. The Bertz CT molecular complexity index is 1200. The van der Waals surface area contributed by atoms with Crippen LogP contribution in [0.3, 0.4) is 0 Å². The quantitative estimate of drug-likeness (QED) is 0.528. The van der Waals surface area contributed by atoms with Gasteiger partial charge in [0.2, 0.25) is 5.91 Å². The Hall–Kier alpha value is -3.43. The van der Waals surface area contributed by atoms with Crippen molar-refractivity contribution in [3.8, 4) is 0 Å². The summed E-state index contributed by atoms with van der Waals surface area (Å²) < 4.78 is 53.4. The highest BCUT2D eigenvalue weighted by Gasteiger charge is 2.52. The SMILES string of the molecule is CC1CCC(C)N1C(=O)c1ccc([C@@H](C)NC(=O)C2(NC(=O)c3cccc(C(F)(F)F)c3F)CC2)cc1. The number of hydrogen-bond donors (Lipinski definition) is 2. The van der Waals surface area contributed by atoms with E-state index in [1.165, 1.54) is 0 Å². The summed E-state index contributed by atoms with van der Waals surface area (Å²) in [4.78, 5) is 40.3. The fourth-order valence-electron chi connectivity index (χ4n) is 4.82. The number of benzene rings is 2. The van der Waals surface area contributed by atoms with Crippen LogP contribution in [0.5, 0.6) is 0 Å². The van der Waals surface area contributed by atoms with Crippen LogP contribution < -0.4 is 10.6 Å². The highest BCUT2D eigenvalue weighted by Crippen LogP contribution is 2.38. The number of halogens is 4. The Labute approximate surface area is 212 Å². The van der Waals surface area contributed by atoms with Gasteiger partial charge in [0.25, 0.3) is 11.8 Å². The van der Waals surface area contributed by atoms with E-state index in [4.69, 9.17) is 0 Å². The zero-order valence-electron chi connectivity index (χ0n) is 20.8. The summed E-state index contributed by atoms with van der Waals surface area (Å²) in [6, 6.07) is 9.25. The minimum atomic E-state index is -4.95. The van der Waals surface area contributed by atoms with Crippen LogP contribution in [0.4, 0.5) is 17.6 Å². The summed E-state index contributed by atoms with van der Waals surface area (Å²) in [5.41, 5.74) is -2.35. The number of carbonyl (C=O) groups excluding carboxylic acids is 3. The van der Waals surface area contributed by atoms with Gasteiger partial charge in [0.1, 0.15) is 11.4 Å². The fraction of sp³-hybridized carbons (Fsp3) is 0.444. The van der Waals surface area contributed by atoms with Crippen LogP contribution in [-0.4, -0.2) is 40.2 Å². The third-order valence-corrected chi connectivity index (χ3v) is 7.28. The third-order valence-electron chi connectivity index (χ3n) is 7.28. The lowest BCUT2D eigenvalue weighted by atomic mass is 10.0. The maximum atomic E-state index is 14.4. The minimum Gasteiger partial charge on any atom is -0.348 e. The Kier molecular flexibility index (Phi) is 7.05. The molecule has 10 heteroatoms. The summed E-state index contributed by atoms with van der Waals surface area (Å²) in [5, 5.41) is 5.22. The lowest BCUT2D eigenvalue weighted by molar-refractivity contribution is -0.140. The van der Waals surface area contributed by atoms with Gasteiger partial charge in [0.05, 0.1) is 17.2 Å². The molecule has 0 spiro atoms. The molecule has 2 aromatic rings. The van der Waals surface area contributed by atoms with Gasteiger partial charge in [-0.25, -0.2) is 4.39 Å². The van der Waals surface area contributed by atoms with Crippen molar-refractivity contribution >= 4 is 17.7 Å². The van der Waals surface area contributed by atoms with Crippen LogP contribution in [0.1, 0.15) is 84.3 Å². The average molecular weight is 520 g/mol. The maximum Gasteiger partial charge on any atom is 0.419 e. The number of nitrogens with one attached hydrogen (secondary N) is 2. The first-order chi connectivity index (χ1) is 17.3. The zero-order chi connectivity index (χ0) is 27.1. The van der Waals surface area contributed by atoms with Crippen LogP contribution in [0.2, 0.25) is 0 Å². The van der Waals surface area contributed by atoms with Crippen molar-refractivity contribution in [1.29, 1.82) is 0 Å². The first-order valence-corrected chi connectivity index (χ1v) is 12.3. The lowest BCUT2D eigenvalue weighted by Crippen LogP contribution is -2.49. The second-order valence-corrected chi connectivity index (χ2v) is 10.0. The Balaban J connectivity index is 1.40. The summed E-state index contributed by atoms with van der Waals surface area (Å²) in [7, 11) is 0. The van der Waals surface area contributed by atoms with Crippen LogP contribution in [0.25, 0.3) is 0 Å². The van der Waals surface area contributed by atoms with E-state index < -0.39 is 46.5 Å². The second kappa shape index (κ2) is 9.79. The summed E-state index contributed by atoms with van der Waals surface area (Å²) in [6.07, 6.45) is -2.47. The van der Waals surface area contributed by atoms with E-state index in [2.05, 4.69) is 10.6 Å². The molecule has 37 heavy (non-hydrogen) atoms. The van der Waals surface area contributed by atoms with Gasteiger partial charge in [-0.15, -0.1) is 0 Å². The number of nitrogens with zero attached hydrogens (tertiary/aromatic N) is 1. The number of hydrogen-bond acceptors (Lipinski definition) is 3.